The first kappa shape index (κ1) is 35.6. The maximum Gasteiger partial charge on any atom is 2.00 e. The molecular weight excluding hydrogens is 597 g/mol. The molecule has 0 atom stereocenters. The summed E-state index contributed by atoms with van der Waals surface area (Å²) in [5, 5.41) is 11.0. The van der Waals surface area contributed by atoms with Gasteiger partial charge in [0.1, 0.15) is 0 Å². The third-order valence-corrected chi connectivity index (χ3v) is 5.95. The molecule has 0 amide bonds. The molecule has 0 fully saturated rings. The summed E-state index contributed by atoms with van der Waals surface area (Å²) in [5.74, 6) is 2.09. The van der Waals surface area contributed by atoms with Crippen LogP contribution in [-0.2, 0) is 16.8 Å². The van der Waals surface area contributed by atoms with Gasteiger partial charge in [-0.1, -0.05) is 91.8 Å². The van der Waals surface area contributed by atoms with Gasteiger partial charge in [-0.15, -0.1) is 0 Å². The van der Waals surface area contributed by atoms with Crippen molar-refractivity contribution in [3.8, 4) is 0 Å². The van der Waals surface area contributed by atoms with Gasteiger partial charge in [0.25, 0.3) is 0 Å². The summed E-state index contributed by atoms with van der Waals surface area (Å²) in [7, 11) is 0. The Morgan fingerprint density at radius 1 is 0.500 bits per heavy atom. The summed E-state index contributed by atoms with van der Waals surface area (Å²) in [6.45, 7) is 22.0. The molecule has 2 rings (SSSR count). The van der Waals surface area contributed by atoms with Gasteiger partial charge in [-0.3, -0.25) is 0 Å². The molecule has 6 heteroatoms. The molecule has 0 aliphatic heterocycles. The Labute approximate surface area is 240 Å². The van der Waals surface area contributed by atoms with E-state index in [9.17, 15) is 0 Å². The van der Waals surface area contributed by atoms with Crippen molar-refractivity contribution in [2.75, 3.05) is 36.8 Å². The van der Waals surface area contributed by atoms with E-state index in [0.717, 1.165) is 26.2 Å². The second-order valence-corrected chi connectivity index (χ2v) is 9.85. The Balaban J connectivity index is 0. The summed E-state index contributed by atoms with van der Waals surface area (Å²) in [4.78, 5) is 0. The van der Waals surface area contributed by atoms with Crippen molar-refractivity contribution in [3.05, 3.63) is 58.7 Å². The summed E-state index contributed by atoms with van der Waals surface area (Å²) in [6, 6.07) is 13.4. The van der Waals surface area contributed by atoms with E-state index in [1.54, 1.807) is 0 Å². The predicted molar refractivity (Wildman–Crippen MR) is 139 cm³/mol. The standard InChI is InChI=1S/C28H45N3.2BrH.Co/c1-19(2)23-11-9-12-24(20(3)4)27(23)30-17-15-29-16-18-31-28-25(21(5)6)13-10-14-26(28)22(7)8;;;/h9-14,19-22,29-31H,15-18H2,1-8H3;2*1H;/q;;;+2/p-2. The van der Waals surface area contributed by atoms with Crippen molar-refractivity contribution in [1.82, 2.24) is 5.32 Å². The first-order valence-electron chi connectivity index (χ1n) is 12.2. The molecule has 0 aliphatic carbocycles. The van der Waals surface area contributed by atoms with E-state index in [1.165, 1.54) is 33.6 Å². The van der Waals surface area contributed by atoms with E-state index < -0.39 is 0 Å². The maximum atomic E-state index is 3.72. The summed E-state index contributed by atoms with van der Waals surface area (Å²) < 4.78 is 0. The minimum Gasteiger partial charge on any atom is -1.00 e. The van der Waals surface area contributed by atoms with Crippen LogP contribution in [-0.4, -0.2) is 26.2 Å². The van der Waals surface area contributed by atoms with Gasteiger partial charge in [-0.05, 0) is 45.9 Å². The molecule has 0 saturated heterocycles. The number of hydrogen-bond donors (Lipinski definition) is 3. The zero-order chi connectivity index (χ0) is 23.0. The van der Waals surface area contributed by atoms with Crippen LogP contribution in [0.2, 0.25) is 0 Å². The van der Waals surface area contributed by atoms with Crippen LogP contribution in [0.15, 0.2) is 36.4 Å². The molecule has 2 aromatic carbocycles. The number of rotatable bonds is 12. The van der Waals surface area contributed by atoms with Crippen LogP contribution < -0.4 is 49.9 Å². The Kier molecular flexibility index (Phi) is 18.7. The van der Waals surface area contributed by atoms with Gasteiger partial charge in [0.15, 0.2) is 0 Å². The molecule has 0 heterocycles. The summed E-state index contributed by atoms with van der Waals surface area (Å²) in [6.07, 6.45) is 0. The van der Waals surface area contributed by atoms with Crippen LogP contribution in [0.4, 0.5) is 11.4 Å². The van der Waals surface area contributed by atoms with Crippen molar-refractivity contribution in [3.63, 3.8) is 0 Å². The quantitative estimate of drug-likeness (QED) is 0.306. The number of para-hydroxylation sites is 2. The molecule has 0 saturated carbocycles. The maximum absolute atomic E-state index is 3.72. The molecule has 3 N–H and O–H groups in total. The van der Waals surface area contributed by atoms with E-state index in [1.807, 2.05) is 0 Å². The van der Waals surface area contributed by atoms with Gasteiger partial charge in [-0.25, -0.2) is 0 Å². The Hall–Kier alpha value is -0.534. The second-order valence-electron chi connectivity index (χ2n) is 9.85. The molecule has 0 aliphatic rings. The average Bonchev–Trinajstić information content (AvgIpc) is 2.72. The summed E-state index contributed by atoms with van der Waals surface area (Å²) in [5.41, 5.74) is 8.33. The zero-order valence-electron chi connectivity index (χ0n) is 22.2. The molecule has 1 radical (unpaired) electrons. The number of anilines is 2. The molecule has 0 aromatic heterocycles. The Bertz CT molecular complexity index is 703. The fourth-order valence-electron chi connectivity index (χ4n) is 4.19. The van der Waals surface area contributed by atoms with Gasteiger partial charge in [-0.2, -0.15) is 0 Å². The monoisotopic (exact) mass is 640 g/mol. The van der Waals surface area contributed by atoms with Crippen molar-refractivity contribution >= 4 is 11.4 Å². The minimum absolute atomic E-state index is 0. The van der Waals surface area contributed by atoms with Crippen molar-refractivity contribution in [1.29, 1.82) is 0 Å². The first-order chi connectivity index (χ1) is 14.7. The molecule has 0 spiro atoms. The molecule has 0 unspecified atom stereocenters. The average molecular weight is 642 g/mol. The largest absolute Gasteiger partial charge is 2.00 e. The minimum atomic E-state index is 0. The normalized spacial score (nSPS) is 10.7. The number of nitrogens with one attached hydrogen (secondary N) is 3. The van der Waals surface area contributed by atoms with Gasteiger partial charge in [0, 0.05) is 37.6 Å². The number of halogens is 2. The third kappa shape index (κ3) is 10.2. The molecular formula is C28H45Br2CoN3. The van der Waals surface area contributed by atoms with E-state index >= 15 is 0 Å². The fraction of sp³-hybridized carbons (Fsp3) is 0.571. The topological polar surface area (TPSA) is 36.1 Å². The van der Waals surface area contributed by atoms with E-state index in [4.69, 9.17) is 0 Å². The van der Waals surface area contributed by atoms with Crippen molar-refractivity contribution in [2.45, 2.75) is 79.1 Å². The van der Waals surface area contributed by atoms with Crippen molar-refractivity contribution < 1.29 is 50.7 Å². The van der Waals surface area contributed by atoms with Crippen LogP contribution in [0, 0.1) is 0 Å². The Morgan fingerprint density at radius 3 is 1.00 bits per heavy atom. The molecule has 3 nitrogen and oxygen atoms in total. The van der Waals surface area contributed by atoms with Gasteiger partial charge >= 0.3 is 16.8 Å². The van der Waals surface area contributed by atoms with Crippen LogP contribution in [0.3, 0.4) is 0 Å². The van der Waals surface area contributed by atoms with Crippen LogP contribution in [0.25, 0.3) is 0 Å². The van der Waals surface area contributed by atoms with Crippen molar-refractivity contribution in [2.24, 2.45) is 0 Å². The zero-order valence-corrected chi connectivity index (χ0v) is 26.4. The van der Waals surface area contributed by atoms with E-state index in [-0.39, 0.29) is 50.7 Å². The molecule has 0 bridgehead atoms. The molecule has 34 heavy (non-hydrogen) atoms. The van der Waals surface area contributed by atoms with E-state index in [0.29, 0.717) is 23.7 Å². The third-order valence-electron chi connectivity index (χ3n) is 5.95. The SMILES string of the molecule is CC(C)c1cccc(C(C)C)c1NCCNCCNc1c(C(C)C)cccc1C(C)C.[Br-].[Br-].[Co+2]. The molecule has 2 aromatic rings. The van der Waals surface area contributed by atoms with Gasteiger partial charge in [0.05, 0.1) is 0 Å². The fourth-order valence-corrected chi connectivity index (χ4v) is 4.19. The molecule has 195 valence electrons. The van der Waals surface area contributed by atoms with E-state index in [2.05, 4.69) is 108 Å². The Morgan fingerprint density at radius 2 is 0.765 bits per heavy atom. The van der Waals surface area contributed by atoms with Gasteiger partial charge < -0.3 is 49.9 Å². The summed E-state index contributed by atoms with van der Waals surface area (Å²) >= 11 is 0. The first-order valence-corrected chi connectivity index (χ1v) is 12.2. The van der Waals surface area contributed by atoms with Crippen LogP contribution >= 0.6 is 0 Å². The van der Waals surface area contributed by atoms with Crippen LogP contribution in [0.1, 0.15) is 101 Å². The predicted octanol–water partition coefficient (Wildman–Crippen LogP) is 1.30. The number of hydrogen-bond acceptors (Lipinski definition) is 3. The second kappa shape index (κ2) is 17.8. The van der Waals surface area contributed by atoms with Crippen LogP contribution in [0.5, 0.6) is 0 Å². The van der Waals surface area contributed by atoms with Gasteiger partial charge in [0.2, 0.25) is 0 Å². The smallest absolute Gasteiger partial charge is 1.00 e. The number of benzene rings is 2.